The normalized spacial score (nSPS) is 7.20. The number of hydrogen-bond donors (Lipinski definition) is 0. The molecule has 0 radical (unpaired) electrons. The SMILES string of the molecule is CC(C)P.[NaH]. The number of hydrogen-bond acceptors (Lipinski definition) is 0. The van der Waals surface area contributed by atoms with Gasteiger partial charge >= 0.3 is 29.6 Å². The standard InChI is InChI=1S/C3H9P.Na.H/c1-3(2)4;;/h3H,4H2,1-2H3;;. The van der Waals surface area contributed by atoms with Gasteiger partial charge in [-0.05, 0) is 5.66 Å². The van der Waals surface area contributed by atoms with E-state index < -0.39 is 0 Å². The van der Waals surface area contributed by atoms with Crippen molar-refractivity contribution >= 4 is 38.8 Å². The molecule has 0 aliphatic rings. The van der Waals surface area contributed by atoms with Gasteiger partial charge in [-0.1, -0.05) is 13.8 Å². The molecular weight excluding hydrogens is 90.0 g/mol. The van der Waals surface area contributed by atoms with E-state index >= 15 is 0 Å². The van der Waals surface area contributed by atoms with Gasteiger partial charge in [0.25, 0.3) is 0 Å². The fourth-order valence-electron chi connectivity index (χ4n) is 0. The molecule has 0 nitrogen and oxygen atoms in total. The molecule has 0 heterocycles. The van der Waals surface area contributed by atoms with Crippen molar-refractivity contribution in [2.24, 2.45) is 0 Å². The summed E-state index contributed by atoms with van der Waals surface area (Å²) in [6.07, 6.45) is 0. The first-order chi connectivity index (χ1) is 1.73. The molecule has 28 valence electrons. The maximum atomic E-state index is 2.66. The summed E-state index contributed by atoms with van der Waals surface area (Å²) < 4.78 is 0. The van der Waals surface area contributed by atoms with Gasteiger partial charge in [0, 0.05) is 0 Å². The van der Waals surface area contributed by atoms with Crippen LogP contribution in [-0.2, 0) is 0 Å². The molecule has 0 bridgehead atoms. The third-order valence-electron chi connectivity index (χ3n) is 0. The van der Waals surface area contributed by atoms with Crippen LogP contribution in [-0.4, -0.2) is 35.2 Å². The van der Waals surface area contributed by atoms with Gasteiger partial charge < -0.3 is 0 Å². The molecule has 0 saturated heterocycles. The van der Waals surface area contributed by atoms with Crippen LogP contribution in [0, 0.1) is 0 Å². The van der Waals surface area contributed by atoms with Crippen molar-refractivity contribution in [2.45, 2.75) is 19.5 Å². The van der Waals surface area contributed by atoms with Gasteiger partial charge in [0.15, 0.2) is 0 Å². The molecule has 0 aromatic heterocycles. The molecule has 0 fully saturated rings. The van der Waals surface area contributed by atoms with Crippen molar-refractivity contribution in [3.63, 3.8) is 0 Å². The van der Waals surface area contributed by atoms with Crippen molar-refractivity contribution in [1.82, 2.24) is 0 Å². The molecule has 1 atom stereocenters. The first-order valence-electron chi connectivity index (χ1n) is 1.49. The Morgan fingerprint density at radius 3 is 1.40 bits per heavy atom. The Labute approximate surface area is 58.2 Å². The van der Waals surface area contributed by atoms with Crippen LogP contribution in [0.15, 0.2) is 0 Å². The molecule has 0 spiro atoms. The number of rotatable bonds is 0. The first kappa shape index (κ1) is 9.66. The molecule has 0 aliphatic carbocycles. The second-order valence-corrected chi connectivity index (χ2v) is 2.58. The zero-order valence-electron chi connectivity index (χ0n) is 3.15. The third-order valence-corrected chi connectivity index (χ3v) is 0. The Bertz CT molecular complexity index is 11.6. The summed E-state index contributed by atoms with van der Waals surface area (Å²) in [7, 11) is 2.66. The van der Waals surface area contributed by atoms with E-state index in [1.54, 1.807) is 0 Å². The molecule has 2 heteroatoms. The average Bonchev–Trinajstić information content (AvgIpc) is 0.811. The van der Waals surface area contributed by atoms with Crippen LogP contribution in [0.4, 0.5) is 0 Å². The van der Waals surface area contributed by atoms with E-state index in [0.717, 1.165) is 5.66 Å². The fraction of sp³-hybridized carbons (Fsp3) is 1.00. The van der Waals surface area contributed by atoms with Gasteiger partial charge in [-0.3, -0.25) is 0 Å². The van der Waals surface area contributed by atoms with E-state index in [4.69, 9.17) is 0 Å². The quantitative estimate of drug-likeness (QED) is 0.309. The van der Waals surface area contributed by atoms with Gasteiger partial charge in [0.05, 0.1) is 0 Å². The fourth-order valence-corrected chi connectivity index (χ4v) is 0. The van der Waals surface area contributed by atoms with Gasteiger partial charge in [-0.15, -0.1) is 9.24 Å². The van der Waals surface area contributed by atoms with E-state index in [2.05, 4.69) is 23.1 Å². The summed E-state index contributed by atoms with van der Waals surface area (Å²) in [5.74, 6) is 0. The van der Waals surface area contributed by atoms with Crippen LogP contribution in [0.25, 0.3) is 0 Å². The van der Waals surface area contributed by atoms with Crippen molar-refractivity contribution < 1.29 is 0 Å². The van der Waals surface area contributed by atoms with E-state index in [-0.39, 0.29) is 29.6 Å². The predicted molar refractivity (Wildman–Crippen MR) is 32.0 cm³/mol. The zero-order valence-corrected chi connectivity index (χ0v) is 4.31. The molecule has 0 aromatic carbocycles. The summed E-state index contributed by atoms with van der Waals surface area (Å²) in [5.41, 5.74) is 0.750. The van der Waals surface area contributed by atoms with Crippen molar-refractivity contribution in [1.29, 1.82) is 0 Å². The minimum atomic E-state index is 0. The molecular formula is C3H10NaP. The molecule has 0 rings (SSSR count). The van der Waals surface area contributed by atoms with Crippen LogP contribution in [0.3, 0.4) is 0 Å². The van der Waals surface area contributed by atoms with Crippen LogP contribution in [0.1, 0.15) is 13.8 Å². The molecule has 1 unspecified atom stereocenters. The summed E-state index contributed by atoms with van der Waals surface area (Å²) >= 11 is 0. The second-order valence-electron chi connectivity index (χ2n) is 1.24. The molecule has 0 amide bonds. The topological polar surface area (TPSA) is 0 Å². The van der Waals surface area contributed by atoms with E-state index in [0.29, 0.717) is 0 Å². The maximum absolute atomic E-state index is 2.66. The zero-order chi connectivity index (χ0) is 3.58. The van der Waals surface area contributed by atoms with E-state index in [1.165, 1.54) is 0 Å². The van der Waals surface area contributed by atoms with Crippen LogP contribution >= 0.6 is 9.24 Å². The minimum absolute atomic E-state index is 0. The van der Waals surface area contributed by atoms with E-state index in [1.807, 2.05) is 0 Å². The van der Waals surface area contributed by atoms with Gasteiger partial charge in [0.2, 0.25) is 0 Å². The Kier molecular flexibility index (Phi) is 10.5. The van der Waals surface area contributed by atoms with Crippen molar-refractivity contribution in [2.75, 3.05) is 0 Å². The molecule has 0 N–H and O–H groups in total. The summed E-state index contributed by atoms with van der Waals surface area (Å²) in [5, 5.41) is 0. The van der Waals surface area contributed by atoms with Gasteiger partial charge in [0.1, 0.15) is 0 Å². The predicted octanol–water partition coefficient (Wildman–Crippen LogP) is 0.621. The Hall–Kier alpha value is 1.43. The summed E-state index contributed by atoms with van der Waals surface area (Å²) in [4.78, 5) is 0. The van der Waals surface area contributed by atoms with Crippen LogP contribution < -0.4 is 0 Å². The second kappa shape index (κ2) is 5.43. The van der Waals surface area contributed by atoms with Crippen molar-refractivity contribution in [3.05, 3.63) is 0 Å². The van der Waals surface area contributed by atoms with Gasteiger partial charge in [-0.2, -0.15) is 0 Å². The monoisotopic (exact) mass is 100 g/mol. The summed E-state index contributed by atoms with van der Waals surface area (Å²) in [6, 6.07) is 0. The Balaban J connectivity index is 0. The third kappa shape index (κ3) is 31.2. The summed E-state index contributed by atoms with van der Waals surface area (Å²) in [6.45, 7) is 4.26. The Morgan fingerprint density at radius 2 is 1.40 bits per heavy atom. The van der Waals surface area contributed by atoms with Crippen LogP contribution in [0.2, 0.25) is 0 Å². The molecule has 0 saturated carbocycles. The molecule has 0 aromatic rings. The molecule has 5 heavy (non-hydrogen) atoms. The Morgan fingerprint density at radius 1 is 1.40 bits per heavy atom. The average molecular weight is 100 g/mol. The van der Waals surface area contributed by atoms with E-state index in [9.17, 15) is 0 Å². The molecule has 0 aliphatic heterocycles. The van der Waals surface area contributed by atoms with Crippen LogP contribution in [0.5, 0.6) is 0 Å². The first-order valence-corrected chi connectivity index (χ1v) is 2.15. The van der Waals surface area contributed by atoms with Gasteiger partial charge in [-0.25, -0.2) is 0 Å². The van der Waals surface area contributed by atoms with Crippen molar-refractivity contribution in [3.8, 4) is 0 Å².